The van der Waals surface area contributed by atoms with Gasteiger partial charge in [-0.15, -0.1) is 0 Å². The maximum absolute atomic E-state index is 12.2. The van der Waals surface area contributed by atoms with Gasteiger partial charge >= 0.3 is 0 Å². The van der Waals surface area contributed by atoms with Crippen molar-refractivity contribution in [3.63, 3.8) is 0 Å². The largest absolute Gasteiger partial charge is 0.382 e. The van der Waals surface area contributed by atoms with Crippen molar-refractivity contribution < 1.29 is 8.42 Å². The van der Waals surface area contributed by atoms with Crippen molar-refractivity contribution in [3.05, 3.63) is 60.8 Å². The molecule has 4 aromatic rings. The maximum Gasteiger partial charge on any atom is 0.213 e. The lowest BCUT2D eigenvalue weighted by Gasteiger charge is -2.34. The number of nitrogen functional groups attached to an aromatic ring is 1. The Bertz CT molecular complexity index is 1400. The Morgan fingerprint density at radius 3 is 2.36 bits per heavy atom. The van der Waals surface area contributed by atoms with Gasteiger partial charge in [-0.05, 0) is 31.2 Å². The van der Waals surface area contributed by atoms with Crippen molar-refractivity contribution >= 4 is 32.7 Å². The second-order valence-electron chi connectivity index (χ2n) is 7.84. The molecular formula is C23H25N7O2S. The Morgan fingerprint density at radius 1 is 0.939 bits per heavy atom. The van der Waals surface area contributed by atoms with E-state index in [9.17, 15) is 8.42 Å². The Labute approximate surface area is 192 Å². The molecule has 0 amide bonds. The lowest BCUT2D eigenvalue weighted by atomic mass is 10.2. The molecule has 33 heavy (non-hydrogen) atoms. The molecule has 0 radical (unpaired) electrons. The number of piperazine rings is 1. The molecule has 0 atom stereocenters. The van der Waals surface area contributed by atoms with Crippen molar-refractivity contribution in [1.29, 1.82) is 0 Å². The Hall–Kier alpha value is -3.50. The number of nitrogens with zero attached hydrogens (tertiary/aromatic N) is 6. The Kier molecular flexibility index (Phi) is 5.47. The summed E-state index contributed by atoms with van der Waals surface area (Å²) in [4.78, 5) is 16.1. The van der Waals surface area contributed by atoms with Crippen molar-refractivity contribution in [2.75, 3.05) is 42.6 Å². The molecule has 0 saturated carbocycles. The van der Waals surface area contributed by atoms with Crippen LogP contribution < -0.4 is 10.6 Å². The zero-order chi connectivity index (χ0) is 23.0. The minimum Gasteiger partial charge on any atom is -0.382 e. The summed E-state index contributed by atoms with van der Waals surface area (Å²) in [6, 6.07) is 17.8. The van der Waals surface area contributed by atoms with E-state index in [1.807, 2.05) is 64.1 Å². The van der Waals surface area contributed by atoms with Gasteiger partial charge in [0.15, 0.2) is 17.3 Å². The fraction of sp³-hybridized carbons (Fsp3) is 0.261. The zero-order valence-corrected chi connectivity index (χ0v) is 19.1. The van der Waals surface area contributed by atoms with E-state index in [4.69, 9.17) is 15.7 Å². The number of benzene rings is 2. The van der Waals surface area contributed by atoms with Gasteiger partial charge < -0.3 is 10.6 Å². The van der Waals surface area contributed by atoms with Gasteiger partial charge in [0.1, 0.15) is 5.82 Å². The quantitative estimate of drug-likeness (QED) is 0.484. The van der Waals surface area contributed by atoms with E-state index in [2.05, 4.69) is 4.98 Å². The minimum absolute atomic E-state index is 0.106. The minimum atomic E-state index is -3.20. The topological polar surface area (TPSA) is 110 Å². The van der Waals surface area contributed by atoms with Crippen LogP contribution in [0.15, 0.2) is 60.8 Å². The summed E-state index contributed by atoms with van der Waals surface area (Å²) in [5, 5.41) is 0. The van der Waals surface area contributed by atoms with E-state index in [-0.39, 0.29) is 5.75 Å². The molecule has 0 spiro atoms. The van der Waals surface area contributed by atoms with Crippen molar-refractivity contribution in [1.82, 2.24) is 23.8 Å². The second-order valence-corrected chi connectivity index (χ2v) is 10.1. The molecule has 170 valence electrons. The number of anilines is 2. The molecule has 5 rings (SSSR count). The third-order valence-electron chi connectivity index (χ3n) is 5.90. The first kappa shape index (κ1) is 21.4. The number of para-hydroxylation sites is 3. The summed E-state index contributed by atoms with van der Waals surface area (Å²) in [7, 11) is -3.20. The van der Waals surface area contributed by atoms with Crippen LogP contribution >= 0.6 is 0 Å². The molecular weight excluding hydrogens is 438 g/mol. The van der Waals surface area contributed by atoms with Gasteiger partial charge in [0, 0.05) is 31.9 Å². The predicted octanol–water partition coefficient (Wildman–Crippen LogP) is 2.54. The van der Waals surface area contributed by atoms with E-state index in [1.165, 1.54) is 4.31 Å². The molecule has 3 heterocycles. The van der Waals surface area contributed by atoms with Gasteiger partial charge in [0.2, 0.25) is 10.0 Å². The number of fused-ring (bicyclic) bond motifs is 1. The Morgan fingerprint density at radius 2 is 1.64 bits per heavy atom. The molecule has 2 N–H and O–H groups in total. The number of nitrogens with two attached hydrogens (primary N) is 1. The molecule has 10 heteroatoms. The smallest absolute Gasteiger partial charge is 0.213 e. The summed E-state index contributed by atoms with van der Waals surface area (Å²) >= 11 is 0. The van der Waals surface area contributed by atoms with Gasteiger partial charge in [0.25, 0.3) is 0 Å². The van der Waals surface area contributed by atoms with Crippen LogP contribution in [-0.4, -0.2) is 64.2 Å². The van der Waals surface area contributed by atoms with Crippen molar-refractivity contribution in [3.8, 4) is 17.2 Å². The highest BCUT2D eigenvalue weighted by Crippen LogP contribution is 2.31. The van der Waals surface area contributed by atoms with Gasteiger partial charge in [0.05, 0.1) is 23.0 Å². The molecule has 1 aliphatic rings. The lowest BCUT2D eigenvalue weighted by Crippen LogP contribution is -2.49. The van der Waals surface area contributed by atoms with Gasteiger partial charge in [-0.3, -0.25) is 4.57 Å². The SMILES string of the molecule is CCS(=O)(=O)N1CCN(c2cnc(N)c(-c3nc4ccccc4n3-c3ccccc3)n2)CC1. The van der Waals surface area contributed by atoms with Gasteiger partial charge in [-0.1, -0.05) is 30.3 Å². The fourth-order valence-electron chi connectivity index (χ4n) is 4.11. The van der Waals surface area contributed by atoms with E-state index >= 15 is 0 Å². The van der Waals surface area contributed by atoms with Gasteiger partial charge in [-0.2, -0.15) is 4.31 Å². The van der Waals surface area contributed by atoms with Crippen LogP contribution in [0.2, 0.25) is 0 Å². The van der Waals surface area contributed by atoms with Crippen LogP contribution in [0.3, 0.4) is 0 Å². The van der Waals surface area contributed by atoms with Crippen LogP contribution in [0.5, 0.6) is 0 Å². The van der Waals surface area contributed by atoms with E-state index < -0.39 is 10.0 Å². The number of imidazole rings is 1. The summed E-state index contributed by atoms with van der Waals surface area (Å²) in [5.74, 6) is 1.66. The first-order chi connectivity index (χ1) is 16.0. The standard InChI is InChI=1S/C23H25N7O2S/c1-2-33(31,32)29-14-12-28(13-15-29)20-16-25-22(24)21(27-20)23-26-18-10-6-7-11-19(18)30(23)17-8-4-3-5-9-17/h3-11,16H,2,12-15H2,1H3,(H2,24,25). The molecule has 0 unspecified atom stereocenters. The van der Waals surface area contributed by atoms with Crippen LogP contribution in [0.25, 0.3) is 28.2 Å². The fourth-order valence-corrected chi connectivity index (χ4v) is 5.19. The monoisotopic (exact) mass is 463 g/mol. The molecule has 0 bridgehead atoms. The number of hydrogen-bond acceptors (Lipinski definition) is 7. The summed E-state index contributed by atoms with van der Waals surface area (Å²) in [5.41, 5.74) is 9.51. The molecule has 0 aliphatic carbocycles. The first-order valence-electron chi connectivity index (χ1n) is 10.9. The highest BCUT2D eigenvalue weighted by Gasteiger charge is 2.27. The van der Waals surface area contributed by atoms with Crippen LogP contribution in [0.4, 0.5) is 11.6 Å². The molecule has 2 aromatic carbocycles. The highest BCUT2D eigenvalue weighted by molar-refractivity contribution is 7.89. The number of rotatable bonds is 5. The second kappa shape index (κ2) is 8.45. The van der Waals surface area contributed by atoms with E-state index in [1.54, 1.807) is 13.1 Å². The average molecular weight is 464 g/mol. The zero-order valence-electron chi connectivity index (χ0n) is 18.3. The van der Waals surface area contributed by atoms with Gasteiger partial charge in [-0.25, -0.2) is 23.4 Å². The predicted molar refractivity (Wildman–Crippen MR) is 130 cm³/mol. The van der Waals surface area contributed by atoms with Crippen LogP contribution in [0, 0.1) is 0 Å². The van der Waals surface area contributed by atoms with E-state index in [0.29, 0.717) is 49.3 Å². The number of sulfonamides is 1. The van der Waals surface area contributed by atoms with Crippen LogP contribution in [-0.2, 0) is 10.0 Å². The first-order valence-corrected chi connectivity index (χ1v) is 12.5. The Balaban J connectivity index is 1.55. The maximum atomic E-state index is 12.2. The summed E-state index contributed by atoms with van der Waals surface area (Å²) in [6.07, 6.45) is 1.64. The van der Waals surface area contributed by atoms with Crippen molar-refractivity contribution in [2.45, 2.75) is 6.92 Å². The van der Waals surface area contributed by atoms with Crippen LogP contribution in [0.1, 0.15) is 6.92 Å². The average Bonchev–Trinajstić information content (AvgIpc) is 3.24. The lowest BCUT2D eigenvalue weighted by molar-refractivity contribution is 0.384. The highest BCUT2D eigenvalue weighted by atomic mass is 32.2. The molecule has 2 aromatic heterocycles. The number of aromatic nitrogens is 4. The molecule has 9 nitrogen and oxygen atoms in total. The third-order valence-corrected chi connectivity index (χ3v) is 7.78. The molecule has 1 aliphatic heterocycles. The summed E-state index contributed by atoms with van der Waals surface area (Å²) in [6.45, 7) is 3.57. The third kappa shape index (κ3) is 3.91. The normalized spacial score (nSPS) is 15.2. The number of hydrogen-bond donors (Lipinski definition) is 1. The molecule has 1 saturated heterocycles. The van der Waals surface area contributed by atoms with Crippen molar-refractivity contribution in [2.24, 2.45) is 0 Å². The summed E-state index contributed by atoms with van der Waals surface area (Å²) < 4.78 is 27.9. The molecule has 1 fully saturated rings. The van der Waals surface area contributed by atoms with E-state index in [0.717, 1.165) is 16.7 Å².